The zero-order valence-corrected chi connectivity index (χ0v) is 14.5. The van der Waals surface area contributed by atoms with Crippen LogP contribution in [0.25, 0.3) is 0 Å². The fourth-order valence-electron chi connectivity index (χ4n) is 3.59. The maximum atomic E-state index is 12.4. The Balaban J connectivity index is 1.38. The molecule has 0 unspecified atom stereocenters. The van der Waals surface area contributed by atoms with Crippen LogP contribution in [0.2, 0.25) is 0 Å². The van der Waals surface area contributed by atoms with E-state index in [-0.39, 0.29) is 30.5 Å². The summed E-state index contributed by atoms with van der Waals surface area (Å²) >= 11 is 0. The number of carbonyl (C=O) groups is 2. The molecule has 3 heterocycles. The van der Waals surface area contributed by atoms with E-state index in [1.54, 1.807) is 9.80 Å². The van der Waals surface area contributed by atoms with Gasteiger partial charge in [0.05, 0.1) is 12.1 Å². The van der Waals surface area contributed by atoms with Crippen LogP contribution in [-0.4, -0.2) is 66.9 Å². The minimum absolute atomic E-state index is 0.0268. The van der Waals surface area contributed by atoms with Crippen LogP contribution < -0.4 is 19.7 Å². The van der Waals surface area contributed by atoms with Gasteiger partial charge in [-0.05, 0) is 25.0 Å². The van der Waals surface area contributed by atoms with E-state index < -0.39 is 0 Å². The van der Waals surface area contributed by atoms with E-state index in [0.717, 1.165) is 5.69 Å². The van der Waals surface area contributed by atoms with Crippen molar-refractivity contribution in [1.82, 2.24) is 10.2 Å². The van der Waals surface area contributed by atoms with Gasteiger partial charge in [-0.2, -0.15) is 0 Å². The molecule has 0 spiro atoms. The van der Waals surface area contributed by atoms with Crippen molar-refractivity contribution in [3.63, 3.8) is 0 Å². The molecule has 3 aliphatic rings. The number of aliphatic hydroxyl groups is 1. The Bertz CT molecular complexity index is 702. The van der Waals surface area contributed by atoms with Crippen molar-refractivity contribution < 1.29 is 24.2 Å². The standard InChI is InChI=1S/C18H23N3O5/c22-14-3-5-20(6-4-14)18(24)19-12-9-17(23)21(11-12)13-1-2-15-16(10-13)26-8-7-25-15/h1-2,10,12,14,22H,3-9,11H2,(H,19,24)/t12-/m1/s1. The second kappa shape index (κ2) is 7.03. The quantitative estimate of drug-likeness (QED) is 0.810. The summed E-state index contributed by atoms with van der Waals surface area (Å²) < 4.78 is 11.1. The molecule has 3 aliphatic heterocycles. The number of likely N-dealkylation sites (tertiary alicyclic amines) is 1. The summed E-state index contributed by atoms with van der Waals surface area (Å²) in [5.41, 5.74) is 0.747. The maximum absolute atomic E-state index is 12.4. The molecule has 1 atom stereocenters. The fourth-order valence-corrected chi connectivity index (χ4v) is 3.59. The molecule has 1 aromatic carbocycles. The molecule has 1 aromatic rings. The SMILES string of the molecule is O=C(N[C@@H]1CC(=O)N(c2ccc3c(c2)OCCO3)C1)N1CCC(O)CC1. The van der Waals surface area contributed by atoms with E-state index in [9.17, 15) is 14.7 Å². The third kappa shape index (κ3) is 3.41. The summed E-state index contributed by atoms with van der Waals surface area (Å²) in [6.07, 6.45) is 1.15. The number of rotatable bonds is 2. The minimum atomic E-state index is -0.321. The van der Waals surface area contributed by atoms with Crippen molar-refractivity contribution in [3.05, 3.63) is 18.2 Å². The van der Waals surface area contributed by atoms with Crippen LogP contribution in [0.3, 0.4) is 0 Å². The molecule has 8 heteroatoms. The van der Waals surface area contributed by atoms with Crippen LogP contribution in [0.1, 0.15) is 19.3 Å². The van der Waals surface area contributed by atoms with Crippen LogP contribution in [0, 0.1) is 0 Å². The second-order valence-corrected chi connectivity index (χ2v) is 6.90. The highest BCUT2D eigenvalue weighted by molar-refractivity contribution is 5.97. The van der Waals surface area contributed by atoms with Gasteiger partial charge in [-0.1, -0.05) is 0 Å². The minimum Gasteiger partial charge on any atom is -0.486 e. The van der Waals surface area contributed by atoms with Gasteiger partial charge in [0, 0.05) is 37.8 Å². The van der Waals surface area contributed by atoms with Gasteiger partial charge in [0.15, 0.2) is 11.5 Å². The topological polar surface area (TPSA) is 91.3 Å². The highest BCUT2D eigenvalue weighted by atomic mass is 16.6. The molecule has 0 bridgehead atoms. The highest BCUT2D eigenvalue weighted by Crippen LogP contribution is 2.35. The lowest BCUT2D eigenvalue weighted by Gasteiger charge is -2.30. The summed E-state index contributed by atoms with van der Waals surface area (Å²) in [6.45, 7) is 2.53. The Kier molecular flexibility index (Phi) is 4.58. The molecule has 8 nitrogen and oxygen atoms in total. The average Bonchev–Trinajstić information content (AvgIpc) is 3.02. The number of carbonyl (C=O) groups excluding carboxylic acids is 2. The van der Waals surface area contributed by atoms with E-state index >= 15 is 0 Å². The van der Waals surface area contributed by atoms with Crippen molar-refractivity contribution in [1.29, 1.82) is 0 Å². The van der Waals surface area contributed by atoms with Crippen LogP contribution in [0.4, 0.5) is 10.5 Å². The summed E-state index contributed by atoms with van der Waals surface area (Å²) in [7, 11) is 0. The molecule has 3 amide bonds. The maximum Gasteiger partial charge on any atom is 0.317 e. The first-order chi connectivity index (χ1) is 12.6. The molecule has 140 valence electrons. The Labute approximate surface area is 151 Å². The molecule has 2 fully saturated rings. The first-order valence-corrected chi connectivity index (χ1v) is 9.03. The van der Waals surface area contributed by atoms with Gasteiger partial charge in [0.2, 0.25) is 5.91 Å². The fraction of sp³-hybridized carbons (Fsp3) is 0.556. The zero-order chi connectivity index (χ0) is 18.1. The number of piperidine rings is 1. The Hall–Kier alpha value is -2.48. The number of ether oxygens (including phenoxy) is 2. The van der Waals surface area contributed by atoms with Gasteiger partial charge in [-0.15, -0.1) is 0 Å². The van der Waals surface area contributed by atoms with E-state index in [1.165, 1.54) is 0 Å². The molecule has 0 radical (unpaired) electrons. The number of hydrogen-bond donors (Lipinski definition) is 2. The van der Waals surface area contributed by atoms with Gasteiger partial charge in [0.1, 0.15) is 13.2 Å². The number of anilines is 1. The van der Waals surface area contributed by atoms with Gasteiger partial charge in [0.25, 0.3) is 0 Å². The number of nitrogens with one attached hydrogen (secondary N) is 1. The first kappa shape index (κ1) is 17.0. The van der Waals surface area contributed by atoms with Crippen LogP contribution in [-0.2, 0) is 4.79 Å². The summed E-state index contributed by atoms with van der Waals surface area (Å²) in [4.78, 5) is 28.1. The van der Waals surface area contributed by atoms with Gasteiger partial charge in [-0.3, -0.25) is 4.79 Å². The van der Waals surface area contributed by atoms with E-state index in [4.69, 9.17) is 9.47 Å². The number of amides is 3. The van der Waals surface area contributed by atoms with Crippen molar-refractivity contribution in [2.45, 2.75) is 31.4 Å². The molecule has 0 saturated carbocycles. The predicted molar refractivity (Wildman–Crippen MR) is 93.5 cm³/mol. The van der Waals surface area contributed by atoms with Crippen LogP contribution in [0.15, 0.2) is 18.2 Å². The molecule has 0 aliphatic carbocycles. The molecule has 2 saturated heterocycles. The monoisotopic (exact) mass is 361 g/mol. The Morgan fingerprint density at radius 3 is 2.65 bits per heavy atom. The normalized spacial score (nSPS) is 23.3. The molecular weight excluding hydrogens is 338 g/mol. The Morgan fingerprint density at radius 1 is 1.15 bits per heavy atom. The molecule has 2 N–H and O–H groups in total. The van der Waals surface area contributed by atoms with Crippen molar-refractivity contribution >= 4 is 17.6 Å². The van der Waals surface area contributed by atoms with E-state index in [0.29, 0.717) is 57.2 Å². The second-order valence-electron chi connectivity index (χ2n) is 6.90. The van der Waals surface area contributed by atoms with Crippen LogP contribution >= 0.6 is 0 Å². The number of nitrogens with zero attached hydrogens (tertiary/aromatic N) is 2. The third-order valence-corrected chi connectivity index (χ3v) is 5.04. The highest BCUT2D eigenvalue weighted by Gasteiger charge is 2.33. The van der Waals surface area contributed by atoms with Crippen molar-refractivity contribution in [2.75, 3.05) is 37.7 Å². The Morgan fingerprint density at radius 2 is 1.88 bits per heavy atom. The third-order valence-electron chi connectivity index (χ3n) is 5.04. The lowest BCUT2D eigenvalue weighted by Crippen LogP contribution is -2.49. The molecule has 4 rings (SSSR count). The summed E-state index contributed by atoms with van der Waals surface area (Å²) in [5.74, 6) is 1.30. The first-order valence-electron chi connectivity index (χ1n) is 9.03. The van der Waals surface area contributed by atoms with E-state index in [1.807, 2.05) is 18.2 Å². The number of hydrogen-bond acceptors (Lipinski definition) is 5. The van der Waals surface area contributed by atoms with Crippen LogP contribution in [0.5, 0.6) is 11.5 Å². The van der Waals surface area contributed by atoms with E-state index in [2.05, 4.69) is 5.32 Å². The van der Waals surface area contributed by atoms with Gasteiger partial charge in [-0.25, -0.2) is 4.79 Å². The number of aliphatic hydroxyl groups excluding tert-OH is 1. The largest absolute Gasteiger partial charge is 0.486 e. The average molecular weight is 361 g/mol. The predicted octanol–water partition coefficient (Wildman–Crippen LogP) is 0.729. The molecular formula is C18H23N3O5. The van der Waals surface area contributed by atoms with Crippen molar-refractivity contribution in [3.8, 4) is 11.5 Å². The zero-order valence-electron chi connectivity index (χ0n) is 14.5. The summed E-state index contributed by atoms with van der Waals surface area (Å²) in [6, 6.07) is 5.06. The lowest BCUT2D eigenvalue weighted by molar-refractivity contribution is -0.117. The van der Waals surface area contributed by atoms with Crippen molar-refractivity contribution in [2.24, 2.45) is 0 Å². The number of urea groups is 1. The number of fused-ring (bicyclic) bond motifs is 1. The lowest BCUT2D eigenvalue weighted by atomic mass is 10.1. The molecule has 26 heavy (non-hydrogen) atoms. The van der Waals surface area contributed by atoms with Gasteiger partial charge >= 0.3 is 6.03 Å². The summed E-state index contributed by atoms with van der Waals surface area (Å²) in [5, 5.41) is 12.5. The molecule has 0 aromatic heterocycles. The number of benzene rings is 1. The van der Waals surface area contributed by atoms with Gasteiger partial charge < -0.3 is 29.7 Å². The smallest absolute Gasteiger partial charge is 0.317 e.